The van der Waals surface area contributed by atoms with Gasteiger partial charge in [0.1, 0.15) is 5.75 Å². The zero-order valence-corrected chi connectivity index (χ0v) is 15.7. The first-order valence-corrected chi connectivity index (χ1v) is 9.98. The van der Waals surface area contributed by atoms with Gasteiger partial charge in [0.15, 0.2) is 0 Å². The number of hydrogen-bond donors (Lipinski definition) is 2. The second-order valence-electron chi connectivity index (χ2n) is 6.11. The third-order valence-corrected chi connectivity index (χ3v) is 5.70. The Labute approximate surface area is 157 Å². The lowest BCUT2D eigenvalue weighted by Crippen LogP contribution is -2.26. The molecular formula is C18H19ClN2O4S. The molecule has 0 radical (unpaired) electrons. The van der Waals surface area contributed by atoms with Gasteiger partial charge in [-0.3, -0.25) is 4.79 Å². The molecule has 2 aromatic carbocycles. The van der Waals surface area contributed by atoms with Crippen molar-refractivity contribution >= 4 is 33.2 Å². The predicted octanol–water partition coefficient (Wildman–Crippen LogP) is 2.97. The lowest BCUT2D eigenvalue weighted by atomic mass is 10.1. The summed E-state index contributed by atoms with van der Waals surface area (Å²) in [4.78, 5) is 12.4. The van der Waals surface area contributed by atoms with Crippen molar-refractivity contribution in [3.8, 4) is 5.75 Å². The molecule has 0 heterocycles. The Balaban J connectivity index is 1.77. The molecular weight excluding hydrogens is 376 g/mol. The van der Waals surface area contributed by atoms with Crippen LogP contribution in [0.1, 0.15) is 18.4 Å². The summed E-state index contributed by atoms with van der Waals surface area (Å²) in [6.07, 6.45) is 1.83. The molecule has 1 aliphatic rings. The van der Waals surface area contributed by atoms with Gasteiger partial charge in [-0.2, -0.15) is 0 Å². The number of carbonyl (C=O) groups is 1. The van der Waals surface area contributed by atoms with E-state index in [-0.39, 0.29) is 23.3 Å². The molecule has 0 aliphatic heterocycles. The summed E-state index contributed by atoms with van der Waals surface area (Å²) in [6.45, 7) is 0. The molecule has 0 atom stereocenters. The van der Waals surface area contributed by atoms with Crippen LogP contribution in [0.4, 0.5) is 5.69 Å². The number of ether oxygens (including phenoxy) is 1. The maximum atomic E-state index is 12.4. The maximum absolute atomic E-state index is 12.4. The van der Waals surface area contributed by atoms with Gasteiger partial charge in [0, 0.05) is 11.1 Å². The fourth-order valence-electron chi connectivity index (χ4n) is 2.42. The number of methoxy groups -OCH3 is 1. The van der Waals surface area contributed by atoms with Gasteiger partial charge in [0.2, 0.25) is 15.9 Å². The number of amides is 1. The highest BCUT2D eigenvalue weighted by atomic mass is 35.5. The van der Waals surface area contributed by atoms with Crippen molar-refractivity contribution in [1.82, 2.24) is 4.72 Å². The Kier molecular flexibility index (Phi) is 5.50. The lowest BCUT2D eigenvalue weighted by molar-refractivity contribution is -0.115. The van der Waals surface area contributed by atoms with E-state index in [1.165, 1.54) is 25.3 Å². The van der Waals surface area contributed by atoms with Crippen molar-refractivity contribution in [1.29, 1.82) is 0 Å². The first-order chi connectivity index (χ1) is 12.4. The number of halogens is 1. The molecule has 1 fully saturated rings. The van der Waals surface area contributed by atoms with Crippen LogP contribution in [0.15, 0.2) is 47.4 Å². The smallest absolute Gasteiger partial charge is 0.240 e. The van der Waals surface area contributed by atoms with E-state index >= 15 is 0 Å². The van der Waals surface area contributed by atoms with Crippen molar-refractivity contribution in [2.24, 2.45) is 0 Å². The summed E-state index contributed by atoms with van der Waals surface area (Å²) in [5, 5.41) is 3.31. The van der Waals surface area contributed by atoms with Gasteiger partial charge in [-0.05, 0) is 48.7 Å². The molecule has 1 saturated carbocycles. The second kappa shape index (κ2) is 7.65. The maximum Gasteiger partial charge on any atom is 0.240 e. The molecule has 26 heavy (non-hydrogen) atoms. The number of benzene rings is 2. The van der Waals surface area contributed by atoms with Crippen LogP contribution in [-0.4, -0.2) is 27.5 Å². The highest BCUT2D eigenvalue weighted by Gasteiger charge is 2.28. The minimum absolute atomic E-state index is 0.00467. The zero-order chi connectivity index (χ0) is 18.7. The largest absolute Gasteiger partial charge is 0.495 e. The highest BCUT2D eigenvalue weighted by Crippen LogP contribution is 2.29. The van der Waals surface area contributed by atoms with Crippen LogP contribution < -0.4 is 14.8 Å². The van der Waals surface area contributed by atoms with Crippen LogP contribution in [0.5, 0.6) is 5.75 Å². The Morgan fingerprint density at radius 2 is 1.88 bits per heavy atom. The topological polar surface area (TPSA) is 84.5 Å². The van der Waals surface area contributed by atoms with E-state index in [0.717, 1.165) is 18.4 Å². The van der Waals surface area contributed by atoms with E-state index in [1.54, 1.807) is 24.3 Å². The van der Waals surface area contributed by atoms with Crippen molar-refractivity contribution in [2.45, 2.75) is 30.2 Å². The van der Waals surface area contributed by atoms with Crippen LogP contribution in [-0.2, 0) is 21.2 Å². The molecule has 0 unspecified atom stereocenters. The number of hydrogen-bond acceptors (Lipinski definition) is 4. The average Bonchev–Trinajstić information content (AvgIpc) is 3.40. The van der Waals surface area contributed by atoms with E-state index in [2.05, 4.69) is 10.0 Å². The number of anilines is 1. The van der Waals surface area contributed by atoms with Crippen molar-refractivity contribution < 1.29 is 17.9 Å². The summed E-state index contributed by atoms with van der Waals surface area (Å²) in [6, 6.07) is 11.3. The predicted molar refractivity (Wildman–Crippen MR) is 100 cm³/mol. The van der Waals surface area contributed by atoms with E-state index in [1.807, 2.05) is 0 Å². The lowest BCUT2D eigenvalue weighted by Gasteiger charge is -2.13. The average molecular weight is 395 g/mol. The molecule has 2 N–H and O–H groups in total. The first-order valence-electron chi connectivity index (χ1n) is 8.12. The molecule has 0 saturated heterocycles. The van der Waals surface area contributed by atoms with Crippen LogP contribution in [0.25, 0.3) is 0 Å². The standard InChI is InChI=1S/C18H19ClN2O4S/c1-25-17-9-8-15(26(23,24)21-14-6-7-14)11-16(17)20-18(22)10-12-2-4-13(19)5-3-12/h2-5,8-9,11,14,21H,6-7,10H2,1H3,(H,20,22). The van der Waals surface area contributed by atoms with Crippen LogP contribution in [0.2, 0.25) is 5.02 Å². The molecule has 8 heteroatoms. The van der Waals surface area contributed by atoms with Gasteiger partial charge in [-0.1, -0.05) is 23.7 Å². The number of nitrogens with one attached hydrogen (secondary N) is 2. The van der Waals surface area contributed by atoms with Crippen LogP contribution in [0, 0.1) is 0 Å². The molecule has 3 rings (SSSR count). The monoisotopic (exact) mass is 394 g/mol. The van der Waals surface area contributed by atoms with Gasteiger partial charge in [0.05, 0.1) is 24.1 Å². The molecule has 1 amide bonds. The Bertz CT molecular complexity index is 909. The van der Waals surface area contributed by atoms with E-state index in [0.29, 0.717) is 16.5 Å². The first kappa shape index (κ1) is 18.7. The Morgan fingerprint density at radius 3 is 2.50 bits per heavy atom. The number of sulfonamides is 1. The number of rotatable bonds is 7. The fraction of sp³-hybridized carbons (Fsp3) is 0.278. The quantitative estimate of drug-likeness (QED) is 0.756. The molecule has 1 aliphatic carbocycles. The highest BCUT2D eigenvalue weighted by molar-refractivity contribution is 7.89. The Hall–Kier alpha value is -2.09. The minimum Gasteiger partial charge on any atom is -0.495 e. The third-order valence-electron chi connectivity index (χ3n) is 3.93. The van der Waals surface area contributed by atoms with Gasteiger partial charge >= 0.3 is 0 Å². The van der Waals surface area contributed by atoms with E-state index in [4.69, 9.17) is 16.3 Å². The van der Waals surface area contributed by atoms with E-state index in [9.17, 15) is 13.2 Å². The van der Waals surface area contributed by atoms with Crippen LogP contribution in [0.3, 0.4) is 0 Å². The third kappa shape index (κ3) is 4.75. The summed E-state index contributed by atoms with van der Waals surface area (Å²) < 4.78 is 32.6. The van der Waals surface area contributed by atoms with Crippen molar-refractivity contribution in [3.05, 3.63) is 53.1 Å². The normalized spacial score (nSPS) is 14.1. The SMILES string of the molecule is COc1ccc(S(=O)(=O)NC2CC2)cc1NC(=O)Cc1ccc(Cl)cc1. The number of carbonyl (C=O) groups excluding carboxylic acids is 1. The zero-order valence-electron chi connectivity index (χ0n) is 14.2. The van der Waals surface area contributed by atoms with Crippen molar-refractivity contribution in [3.63, 3.8) is 0 Å². The molecule has 0 bridgehead atoms. The fourth-order valence-corrected chi connectivity index (χ4v) is 3.88. The van der Waals surface area contributed by atoms with Crippen molar-refractivity contribution in [2.75, 3.05) is 12.4 Å². The molecule has 6 nitrogen and oxygen atoms in total. The van der Waals surface area contributed by atoms with Gasteiger partial charge < -0.3 is 10.1 Å². The summed E-state index contributed by atoms with van der Waals surface area (Å²) in [5.74, 6) is 0.107. The van der Waals surface area contributed by atoms with Gasteiger partial charge in [-0.15, -0.1) is 0 Å². The summed E-state index contributed by atoms with van der Waals surface area (Å²) in [7, 11) is -2.16. The van der Waals surface area contributed by atoms with Crippen LogP contribution >= 0.6 is 11.6 Å². The minimum atomic E-state index is -3.62. The summed E-state index contributed by atoms with van der Waals surface area (Å²) in [5.41, 5.74) is 1.11. The molecule has 0 aromatic heterocycles. The van der Waals surface area contributed by atoms with E-state index < -0.39 is 10.0 Å². The van der Waals surface area contributed by atoms with Gasteiger partial charge in [-0.25, -0.2) is 13.1 Å². The Morgan fingerprint density at radius 1 is 1.19 bits per heavy atom. The summed E-state index contributed by atoms with van der Waals surface area (Å²) >= 11 is 5.84. The molecule has 138 valence electrons. The van der Waals surface area contributed by atoms with Gasteiger partial charge in [0.25, 0.3) is 0 Å². The molecule has 2 aromatic rings. The second-order valence-corrected chi connectivity index (χ2v) is 8.26. The molecule has 0 spiro atoms.